The molecule has 1 unspecified atom stereocenters. The van der Waals surface area contributed by atoms with E-state index >= 15 is 0 Å². The third kappa shape index (κ3) is 1.48. The van der Waals surface area contributed by atoms with Crippen LogP contribution in [0.2, 0.25) is 0 Å². The Bertz CT molecular complexity index is 192. The van der Waals surface area contributed by atoms with Gasteiger partial charge in [0.1, 0.15) is 0 Å². The van der Waals surface area contributed by atoms with Crippen LogP contribution in [0.25, 0.3) is 0 Å². The largest absolute Gasteiger partial charge is 0.464 e. The summed E-state index contributed by atoms with van der Waals surface area (Å²) in [5.74, 6) is -0.388. The van der Waals surface area contributed by atoms with E-state index < -0.39 is 5.54 Å². The van der Waals surface area contributed by atoms with Gasteiger partial charge in [0, 0.05) is 0 Å². The van der Waals surface area contributed by atoms with E-state index in [-0.39, 0.29) is 5.97 Å². The lowest BCUT2D eigenvalue weighted by Crippen LogP contribution is -2.47. The fraction of sp³-hybridized carbons (Fsp3) is 0.667. The van der Waals surface area contributed by atoms with Crippen molar-refractivity contribution in [3.05, 3.63) is 0 Å². The molecule has 1 aliphatic heterocycles. The minimum Gasteiger partial charge on any atom is -0.464 e. The van der Waals surface area contributed by atoms with Gasteiger partial charge < -0.3 is 4.74 Å². The van der Waals surface area contributed by atoms with Gasteiger partial charge in [0.25, 0.3) is 0 Å². The van der Waals surface area contributed by atoms with Crippen molar-refractivity contribution in [1.29, 1.82) is 0 Å². The third-order valence-electron chi connectivity index (χ3n) is 1.32. The van der Waals surface area contributed by atoms with Crippen LogP contribution in [0, 0.1) is 0 Å². The topological polar surface area (TPSA) is 59.9 Å². The predicted octanol–water partition coefficient (Wildman–Crippen LogP) is -0.171. The number of oxime groups is 1. The molecular weight excluding hydrogens is 148 g/mol. The quantitative estimate of drug-likeness (QED) is 0.567. The number of carbonyl (C=O) groups excluding carboxylic acids is 1. The van der Waals surface area contributed by atoms with Crippen LogP contribution in [-0.2, 0) is 14.5 Å². The molecule has 0 aliphatic carbocycles. The van der Waals surface area contributed by atoms with Gasteiger partial charge >= 0.3 is 5.97 Å². The molecule has 0 aromatic rings. The molecule has 0 amide bonds. The first-order chi connectivity index (χ1) is 5.19. The minimum absolute atomic E-state index is 0.351. The molecule has 1 aliphatic rings. The molecule has 1 heterocycles. The SMILES string of the molecule is CCOC(=O)C1(C)C=NON1. The van der Waals surface area contributed by atoms with Gasteiger partial charge in [0.2, 0.25) is 0 Å². The second-order valence-corrected chi connectivity index (χ2v) is 2.35. The van der Waals surface area contributed by atoms with Gasteiger partial charge in [-0.1, -0.05) is 5.16 Å². The summed E-state index contributed by atoms with van der Waals surface area (Å²) in [6, 6.07) is 0. The van der Waals surface area contributed by atoms with Crippen molar-refractivity contribution < 1.29 is 14.5 Å². The van der Waals surface area contributed by atoms with Crippen LogP contribution in [0.1, 0.15) is 13.8 Å². The minimum atomic E-state index is -0.921. The molecule has 0 spiro atoms. The third-order valence-corrected chi connectivity index (χ3v) is 1.32. The predicted molar refractivity (Wildman–Crippen MR) is 37.8 cm³/mol. The van der Waals surface area contributed by atoms with Gasteiger partial charge in [0.05, 0.1) is 12.8 Å². The van der Waals surface area contributed by atoms with E-state index in [0.29, 0.717) is 6.61 Å². The number of hydroxylamine groups is 1. The normalized spacial score (nSPS) is 28.2. The molecule has 1 N–H and O–H groups in total. The standard InChI is InChI=1S/C6H10N2O3/c1-3-10-5(9)6(2)4-7-11-8-6/h4,8H,3H2,1-2H3. The van der Waals surface area contributed by atoms with Crippen molar-refractivity contribution in [2.45, 2.75) is 19.4 Å². The highest BCUT2D eigenvalue weighted by Crippen LogP contribution is 2.08. The molecule has 5 nitrogen and oxygen atoms in total. The Kier molecular flexibility index (Phi) is 2.09. The van der Waals surface area contributed by atoms with Crippen LogP contribution < -0.4 is 5.48 Å². The summed E-state index contributed by atoms with van der Waals surface area (Å²) in [6.07, 6.45) is 1.37. The monoisotopic (exact) mass is 158 g/mol. The van der Waals surface area contributed by atoms with Crippen molar-refractivity contribution in [2.24, 2.45) is 5.16 Å². The van der Waals surface area contributed by atoms with Crippen molar-refractivity contribution in [1.82, 2.24) is 5.48 Å². The summed E-state index contributed by atoms with van der Waals surface area (Å²) in [6.45, 7) is 3.72. The number of carbonyl (C=O) groups is 1. The van der Waals surface area contributed by atoms with E-state index in [9.17, 15) is 4.79 Å². The van der Waals surface area contributed by atoms with E-state index in [1.165, 1.54) is 6.21 Å². The number of hydrogen-bond acceptors (Lipinski definition) is 5. The Hall–Kier alpha value is -1.10. The van der Waals surface area contributed by atoms with Crippen LogP contribution in [0.4, 0.5) is 0 Å². The second-order valence-electron chi connectivity index (χ2n) is 2.35. The molecule has 0 radical (unpaired) electrons. The Morgan fingerprint density at radius 1 is 1.91 bits per heavy atom. The molecule has 0 bridgehead atoms. The van der Waals surface area contributed by atoms with Gasteiger partial charge in [-0.25, -0.2) is 4.79 Å². The average Bonchev–Trinajstić information content (AvgIpc) is 2.38. The summed E-state index contributed by atoms with van der Waals surface area (Å²) in [4.78, 5) is 15.6. The maximum atomic E-state index is 11.1. The fourth-order valence-corrected chi connectivity index (χ4v) is 0.655. The second kappa shape index (κ2) is 2.87. The molecule has 0 saturated carbocycles. The first kappa shape index (κ1) is 8.00. The molecule has 1 rings (SSSR count). The first-order valence-electron chi connectivity index (χ1n) is 3.34. The van der Waals surface area contributed by atoms with Crippen LogP contribution in [-0.4, -0.2) is 24.3 Å². The molecule has 0 fully saturated rings. The Labute approximate surface area is 64.3 Å². The lowest BCUT2D eigenvalue weighted by atomic mass is 10.1. The van der Waals surface area contributed by atoms with Crippen LogP contribution in [0.5, 0.6) is 0 Å². The van der Waals surface area contributed by atoms with Crippen molar-refractivity contribution in [3.63, 3.8) is 0 Å². The summed E-state index contributed by atoms with van der Waals surface area (Å²) >= 11 is 0. The van der Waals surface area contributed by atoms with Crippen molar-refractivity contribution >= 4 is 12.2 Å². The lowest BCUT2D eigenvalue weighted by Gasteiger charge is -2.15. The Morgan fingerprint density at radius 2 is 2.64 bits per heavy atom. The average molecular weight is 158 g/mol. The summed E-state index contributed by atoms with van der Waals surface area (Å²) in [5, 5.41) is 3.40. The Morgan fingerprint density at radius 3 is 3.09 bits per heavy atom. The molecule has 0 aromatic carbocycles. The van der Waals surface area contributed by atoms with Crippen molar-refractivity contribution in [2.75, 3.05) is 6.61 Å². The van der Waals surface area contributed by atoms with Gasteiger partial charge in [-0.2, -0.15) is 0 Å². The zero-order valence-electron chi connectivity index (χ0n) is 6.46. The van der Waals surface area contributed by atoms with Gasteiger partial charge in [0.15, 0.2) is 5.54 Å². The van der Waals surface area contributed by atoms with E-state index in [2.05, 4.69) is 15.6 Å². The molecular formula is C6H10N2O3. The van der Waals surface area contributed by atoms with Crippen LogP contribution >= 0.6 is 0 Å². The van der Waals surface area contributed by atoms with Gasteiger partial charge in [-0.3, -0.25) is 4.94 Å². The highest BCUT2D eigenvalue weighted by Gasteiger charge is 2.37. The molecule has 5 heteroatoms. The summed E-state index contributed by atoms with van der Waals surface area (Å²) in [5.41, 5.74) is 1.50. The van der Waals surface area contributed by atoms with E-state index in [4.69, 9.17) is 4.74 Å². The number of nitrogens with one attached hydrogen (secondary N) is 1. The summed E-state index contributed by atoms with van der Waals surface area (Å²) < 4.78 is 4.76. The van der Waals surface area contributed by atoms with Gasteiger partial charge in [-0.15, -0.1) is 5.48 Å². The number of rotatable bonds is 2. The number of hydrogen-bond donors (Lipinski definition) is 1. The maximum Gasteiger partial charge on any atom is 0.335 e. The lowest BCUT2D eigenvalue weighted by molar-refractivity contribution is -0.150. The number of nitrogens with zero attached hydrogens (tertiary/aromatic N) is 1. The van der Waals surface area contributed by atoms with Crippen molar-refractivity contribution in [3.8, 4) is 0 Å². The van der Waals surface area contributed by atoms with Gasteiger partial charge in [-0.05, 0) is 13.8 Å². The first-order valence-corrected chi connectivity index (χ1v) is 3.34. The smallest absolute Gasteiger partial charge is 0.335 e. The highest BCUT2D eigenvalue weighted by molar-refractivity contribution is 5.99. The van der Waals surface area contributed by atoms with E-state index in [1.807, 2.05) is 0 Å². The molecule has 0 saturated heterocycles. The molecule has 1 atom stereocenters. The number of esters is 1. The maximum absolute atomic E-state index is 11.1. The zero-order chi connectivity index (χ0) is 8.32. The fourth-order valence-electron chi connectivity index (χ4n) is 0.655. The Balaban J connectivity index is 2.57. The van der Waals surface area contributed by atoms with Crippen LogP contribution in [0.15, 0.2) is 5.16 Å². The molecule has 62 valence electrons. The van der Waals surface area contributed by atoms with Crippen LogP contribution in [0.3, 0.4) is 0 Å². The number of ether oxygens (including phenoxy) is 1. The van der Waals surface area contributed by atoms with E-state index in [0.717, 1.165) is 0 Å². The summed E-state index contributed by atoms with van der Waals surface area (Å²) in [7, 11) is 0. The van der Waals surface area contributed by atoms with E-state index in [1.54, 1.807) is 13.8 Å². The molecule has 11 heavy (non-hydrogen) atoms. The highest BCUT2D eigenvalue weighted by atomic mass is 16.8. The zero-order valence-corrected chi connectivity index (χ0v) is 6.46. The molecule has 0 aromatic heterocycles.